The van der Waals surface area contributed by atoms with Crippen LogP contribution in [-0.2, 0) is 0 Å². The minimum absolute atomic E-state index is 0.183. The van der Waals surface area contributed by atoms with E-state index in [4.69, 9.17) is 0 Å². The van der Waals surface area contributed by atoms with Gasteiger partial charge in [-0.15, -0.1) is 0 Å². The van der Waals surface area contributed by atoms with Gasteiger partial charge < -0.3 is 8.83 Å². The molecule has 1 heterocycles. The monoisotopic (exact) mass is 120 g/mol. The maximum absolute atomic E-state index is 11.6. The summed E-state index contributed by atoms with van der Waals surface area (Å²) in [5, 5.41) is 0. The molecule has 0 radical (unpaired) electrons. The number of halogens is 1. The topological polar surface area (TPSA) is 26.3 Å². The van der Waals surface area contributed by atoms with Crippen molar-refractivity contribution in [2.45, 2.75) is 0 Å². The molecule has 0 aliphatic carbocycles. The van der Waals surface area contributed by atoms with Gasteiger partial charge in [0.25, 0.3) is 0 Å². The first-order valence-corrected chi connectivity index (χ1v) is 1.94. The summed E-state index contributed by atoms with van der Waals surface area (Å²) >= 11 is 4.26. The van der Waals surface area contributed by atoms with E-state index in [-0.39, 0.29) is 4.90 Å². The Morgan fingerprint density at radius 1 is 1.71 bits per heavy atom. The lowest BCUT2D eigenvalue weighted by Crippen LogP contribution is -1.50. The van der Waals surface area contributed by atoms with E-state index in [0.717, 1.165) is 6.26 Å². The van der Waals surface area contributed by atoms with E-state index in [1.54, 1.807) is 0 Å². The van der Waals surface area contributed by atoms with Crippen molar-refractivity contribution in [3.8, 4) is 0 Å². The fourth-order valence-electron chi connectivity index (χ4n) is 0.222. The lowest BCUT2D eigenvalue weighted by atomic mass is 11.0. The van der Waals surface area contributed by atoms with Crippen LogP contribution in [0.3, 0.4) is 0 Å². The quantitative estimate of drug-likeness (QED) is 0.488. The molecule has 1 aromatic rings. The number of hydrogen-bond donors (Lipinski definition) is 0. The molecular weight excluding hydrogens is 119 g/mol. The van der Waals surface area contributed by atoms with Crippen LogP contribution in [-0.4, -0.2) is 0 Å². The molecule has 1 rings (SSSR count). The summed E-state index contributed by atoms with van der Waals surface area (Å²) in [6.45, 7) is 0. The lowest BCUT2D eigenvalue weighted by Gasteiger charge is -1.59. The third kappa shape index (κ3) is 0.866. The van der Waals surface area contributed by atoms with Gasteiger partial charge in [0, 0.05) is 12.2 Å². The van der Waals surface area contributed by atoms with Gasteiger partial charge in [0.05, 0.1) is 0 Å². The SMILES string of the molecule is Fc1coc(=S)o1. The molecule has 1 aromatic heterocycles. The molecule has 0 fully saturated rings. The zero-order valence-corrected chi connectivity index (χ0v) is 4.00. The minimum Gasteiger partial charge on any atom is -0.419 e. The van der Waals surface area contributed by atoms with E-state index in [1.165, 1.54) is 0 Å². The van der Waals surface area contributed by atoms with Gasteiger partial charge in [0.2, 0.25) is 0 Å². The average Bonchev–Trinajstić information content (AvgIpc) is 1.87. The molecule has 0 aliphatic heterocycles. The predicted octanol–water partition coefficient (Wildman–Crippen LogP) is 1.74. The first-order chi connectivity index (χ1) is 3.29. The van der Waals surface area contributed by atoms with Gasteiger partial charge in [0.15, 0.2) is 6.26 Å². The van der Waals surface area contributed by atoms with Gasteiger partial charge in [-0.05, 0) is 0 Å². The van der Waals surface area contributed by atoms with Crippen LogP contribution in [0.4, 0.5) is 4.39 Å². The highest BCUT2D eigenvalue weighted by Crippen LogP contribution is 1.97. The van der Waals surface area contributed by atoms with Crippen LogP contribution in [0.1, 0.15) is 0 Å². The van der Waals surface area contributed by atoms with Crippen LogP contribution in [0.15, 0.2) is 15.1 Å². The van der Waals surface area contributed by atoms with Crippen molar-refractivity contribution in [1.29, 1.82) is 0 Å². The Morgan fingerprint density at radius 2 is 2.43 bits per heavy atom. The molecule has 4 heteroatoms. The highest BCUT2D eigenvalue weighted by atomic mass is 32.1. The fraction of sp³-hybridized carbons (Fsp3) is 0. The first kappa shape index (κ1) is 4.52. The van der Waals surface area contributed by atoms with Crippen molar-refractivity contribution in [2.75, 3.05) is 0 Å². The molecule has 38 valence electrons. The van der Waals surface area contributed by atoms with Crippen molar-refractivity contribution >= 4 is 12.2 Å². The molecule has 0 aromatic carbocycles. The Labute approximate surface area is 43.6 Å². The maximum atomic E-state index is 11.6. The van der Waals surface area contributed by atoms with Crippen LogP contribution in [0, 0.1) is 10.9 Å². The van der Waals surface area contributed by atoms with E-state index in [9.17, 15) is 4.39 Å². The molecule has 0 aliphatic rings. The number of hydrogen-bond acceptors (Lipinski definition) is 3. The Morgan fingerprint density at radius 3 is 2.57 bits per heavy atom. The Hall–Kier alpha value is -0.640. The molecule has 0 saturated heterocycles. The molecule has 2 nitrogen and oxygen atoms in total. The Bertz CT molecular complexity index is 201. The van der Waals surface area contributed by atoms with Gasteiger partial charge in [-0.25, -0.2) is 0 Å². The van der Waals surface area contributed by atoms with Crippen LogP contribution in [0.2, 0.25) is 0 Å². The molecule has 0 spiro atoms. The Balaban J connectivity index is 3.30. The van der Waals surface area contributed by atoms with Crippen molar-refractivity contribution in [3.63, 3.8) is 0 Å². The van der Waals surface area contributed by atoms with Gasteiger partial charge in [-0.3, -0.25) is 0 Å². The zero-order valence-electron chi connectivity index (χ0n) is 3.18. The fourth-order valence-corrected chi connectivity index (χ4v) is 0.350. The third-order valence-corrected chi connectivity index (χ3v) is 0.608. The second-order valence-electron chi connectivity index (χ2n) is 0.892. The van der Waals surface area contributed by atoms with Gasteiger partial charge >= 0.3 is 10.9 Å². The highest BCUT2D eigenvalue weighted by Gasteiger charge is 1.90. The van der Waals surface area contributed by atoms with Crippen molar-refractivity contribution in [2.24, 2.45) is 0 Å². The van der Waals surface area contributed by atoms with E-state index in [2.05, 4.69) is 21.1 Å². The zero-order chi connectivity index (χ0) is 5.28. The first-order valence-electron chi connectivity index (χ1n) is 1.53. The molecule has 0 saturated carbocycles. The summed E-state index contributed by atoms with van der Waals surface area (Å²) in [5.74, 6) is 0. The average molecular weight is 120 g/mol. The molecule has 0 amide bonds. The van der Waals surface area contributed by atoms with E-state index in [1.807, 2.05) is 0 Å². The molecule has 0 unspecified atom stereocenters. The highest BCUT2D eigenvalue weighted by molar-refractivity contribution is 7.71. The van der Waals surface area contributed by atoms with Gasteiger partial charge in [-0.2, -0.15) is 4.39 Å². The van der Waals surface area contributed by atoms with E-state index < -0.39 is 6.01 Å². The van der Waals surface area contributed by atoms with Gasteiger partial charge in [-0.1, -0.05) is 0 Å². The van der Waals surface area contributed by atoms with Crippen molar-refractivity contribution in [3.05, 3.63) is 17.2 Å². The third-order valence-electron chi connectivity index (χ3n) is 0.429. The summed E-state index contributed by atoms with van der Waals surface area (Å²) < 4.78 is 19.9. The summed E-state index contributed by atoms with van der Waals surface area (Å²) in [6.07, 6.45) is 0.808. The largest absolute Gasteiger partial charge is 0.419 e. The number of rotatable bonds is 0. The van der Waals surface area contributed by atoms with Crippen molar-refractivity contribution < 1.29 is 13.2 Å². The second kappa shape index (κ2) is 1.46. The second-order valence-corrected chi connectivity index (χ2v) is 1.23. The van der Waals surface area contributed by atoms with Crippen LogP contribution < -0.4 is 0 Å². The smallest absolute Gasteiger partial charge is 0.365 e. The van der Waals surface area contributed by atoms with Crippen molar-refractivity contribution in [1.82, 2.24) is 0 Å². The van der Waals surface area contributed by atoms with Crippen LogP contribution in [0.5, 0.6) is 0 Å². The minimum atomic E-state index is -0.787. The summed E-state index contributed by atoms with van der Waals surface area (Å²) in [5.41, 5.74) is 0. The molecule has 0 N–H and O–H groups in total. The summed E-state index contributed by atoms with van der Waals surface area (Å²) in [4.78, 5) is -0.183. The van der Waals surface area contributed by atoms with Crippen LogP contribution in [0.25, 0.3) is 0 Å². The molecular formula is C3HFO2S. The van der Waals surface area contributed by atoms with E-state index >= 15 is 0 Å². The normalized spacial score (nSPS) is 9.29. The van der Waals surface area contributed by atoms with Gasteiger partial charge in [0.1, 0.15) is 0 Å². The van der Waals surface area contributed by atoms with E-state index in [0.29, 0.717) is 0 Å². The predicted molar refractivity (Wildman–Crippen MR) is 21.8 cm³/mol. The lowest BCUT2D eigenvalue weighted by molar-refractivity contribution is 0.332. The standard InChI is InChI=1S/C3HFO2S/c4-2-1-5-3(7)6-2/h1H. The molecule has 0 bridgehead atoms. The molecule has 7 heavy (non-hydrogen) atoms. The Kier molecular flexibility index (Phi) is 0.941. The van der Waals surface area contributed by atoms with Crippen LogP contribution >= 0.6 is 12.2 Å². The molecule has 0 atom stereocenters. The maximum Gasteiger partial charge on any atom is 0.365 e. The summed E-state index contributed by atoms with van der Waals surface area (Å²) in [7, 11) is 0. The summed E-state index contributed by atoms with van der Waals surface area (Å²) in [6, 6.07) is -0.787.